The van der Waals surface area contributed by atoms with Crippen molar-refractivity contribution in [1.29, 1.82) is 0 Å². The molecule has 3 fully saturated rings. The molecule has 0 unspecified atom stereocenters. The van der Waals surface area contributed by atoms with Crippen molar-refractivity contribution in [3.8, 4) is 0 Å². The summed E-state index contributed by atoms with van der Waals surface area (Å²) in [6.07, 6.45) is 11.1. The summed E-state index contributed by atoms with van der Waals surface area (Å²) in [6.45, 7) is 7.30. The zero-order chi connectivity index (χ0) is 15.8. The van der Waals surface area contributed by atoms with Crippen LogP contribution >= 0.6 is 0 Å². The molecule has 3 saturated carbocycles. The van der Waals surface area contributed by atoms with Crippen molar-refractivity contribution in [2.75, 3.05) is 0 Å². The molecule has 0 heterocycles. The number of fused-ring (bicyclic) bond motifs is 5. The van der Waals surface area contributed by atoms with E-state index in [0.717, 1.165) is 31.6 Å². The first-order valence-corrected chi connectivity index (χ1v) is 9.37. The minimum Gasteiger partial charge on any atom is -0.393 e. The van der Waals surface area contributed by atoms with E-state index in [2.05, 4.69) is 26.8 Å². The van der Waals surface area contributed by atoms with Gasteiger partial charge in [0.15, 0.2) is 0 Å². The van der Waals surface area contributed by atoms with Gasteiger partial charge in [-0.05, 0) is 79.4 Å². The van der Waals surface area contributed by atoms with Gasteiger partial charge in [-0.2, -0.15) is 0 Å². The van der Waals surface area contributed by atoms with Crippen molar-refractivity contribution in [3.05, 3.63) is 11.6 Å². The van der Waals surface area contributed by atoms with Crippen molar-refractivity contribution in [1.82, 2.24) is 0 Å². The van der Waals surface area contributed by atoms with Crippen LogP contribution in [0.2, 0.25) is 0 Å². The van der Waals surface area contributed by atoms with Gasteiger partial charge in [0.2, 0.25) is 0 Å². The summed E-state index contributed by atoms with van der Waals surface area (Å²) in [7, 11) is 0. The summed E-state index contributed by atoms with van der Waals surface area (Å²) in [4.78, 5) is 0. The van der Waals surface area contributed by atoms with Crippen LogP contribution in [-0.2, 0) is 0 Å². The maximum absolute atomic E-state index is 10.6. The molecule has 0 saturated heterocycles. The first kappa shape index (κ1) is 15.2. The van der Waals surface area contributed by atoms with Crippen molar-refractivity contribution in [3.63, 3.8) is 0 Å². The van der Waals surface area contributed by atoms with Gasteiger partial charge in [-0.1, -0.05) is 32.4 Å². The largest absolute Gasteiger partial charge is 0.393 e. The third kappa shape index (κ3) is 1.69. The number of hydrogen-bond acceptors (Lipinski definition) is 2. The lowest BCUT2D eigenvalue weighted by Gasteiger charge is -2.62. The third-order valence-corrected chi connectivity index (χ3v) is 8.88. The Morgan fingerprint density at radius 2 is 1.64 bits per heavy atom. The van der Waals surface area contributed by atoms with E-state index in [1.54, 1.807) is 5.57 Å². The molecule has 2 N–H and O–H groups in total. The second kappa shape index (κ2) is 4.60. The maximum atomic E-state index is 10.6. The van der Waals surface area contributed by atoms with Crippen LogP contribution in [0.1, 0.15) is 72.1 Å². The Labute approximate surface area is 135 Å². The van der Waals surface area contributed by atoms with Crippen molar-refractivity contribution >= 4 is 0 Å². The van der Waals surface area contributed by atoms with Crippen LogP contribution in [0.15, 0.2) is 11.6 Å². The third-order valence-electron chi connectivity index (χ3n) is 8.88. The number of rotatable bonds is 0. The molecule has 0 aromatic rings. The molecule has 0 spiro atoms. The minimum absolute atomic E-state index is 0.107. The van der Waals surface area contributed by atoms with Crippen LogP contribution in [0.5, 0.6) is 0 Å². The Bertz CT molecular complexity index is 512. The van der Waals surface area contributed by atoms with Gasteiger partial charge in [0, 0.05) is 0 Å². The minimum atomic E-state index is -0.117. The zero-order valence-electron chi connectivity index (χ0n) is 14.4. The van der Waals surface area contributed by atoms with E-state index in [4.69, 9.17) is 0 Å². The van der Waals surface area contributed by atoms with Crippen LogP contribution < -0.4 is 0 Å². The highest BCUT2D eigenvalue weighted by molar-refractivity contribution is 5.26. The Morgan fingerprint density at radius 1 is 0.909 bits per heavy atom. The van der Waals surface area contributed by atoms with E-state index in [1.807, 2.05) is 0 Å². The average molecular weight is 304 g/mol. The fourth-order valence-electron chi connectivity index (χ4n) is 7.00. The topological polar surface area (TPSA) is 40.5 Å². The highest BCUT2D eigenvalue weighted by Gasteiger charge is 2.64. The summed E-state index contributed by atoms with van der Waals surface area (Å²) in [5, 5.41) is 20.7. The molecule has 4 aliphatic rings. The molecule has 0 bridgehead atoms. The first-order chi connectivity index (χ1) is 10.3. The second-order valence-corrected chi connectivity index (χ2v) is 9.42. The summed E-state index contributed by atoms with van der Waals surface area (Å²) in [6, 6.07) is 0. The van der Waals surface area contributed by atoms with Gasteiger partial charge in [-0.3, -0.25) is 0 Å². The van der Waals surface area contributed by atoms with E-state index < -0.39 is 0 Å². The quantitative estimate of drug-likeness (QED) is 0.663. The standard InChI is InChI=1S/C20H32O2/c1-18-9-6-14(21)12-13(18)4-5-16-15(18)7-10-20(3)17(22)8-11-19(16,20)2/h4,14-17,21-22H,5-12H2,1-3H3/t14-,15+,16-,17-,18-,19-,20-/m0/s1. The van der Waals surface area contributed by atoms with Crippen molar-refractivity contribution in [2.24, 2.45) is 28.1 Å². The van der Waals surface area contributed by atoms with E-state index in [1.165, 1.54) is 25.7 Å². The normalized spacial score (nSPS) is 57.6. The van der Waals surface area contributed by atoms with Crippen LogP contribution in [0, 0.1) is 28.1 Å². The van der Waals surface area contributed by atoms with E-state index in [0.29, 0.717) is 11.3 Å². The van der Waals surface area contributed by atoms with E-state index >= 15 is 0 Å². The molecular weight excluding hydrogens is 272 g/mol. The van der Waals surface area contributed by atoms with Crippen LogP contribution in [0.25, 0.3) is 0 Å². The second-order valence-electron chi connectivity index (χ2n) is 9.42. The molecule has 7 atom stereocenters. The highest BCUT2D eigenvalue weighted by atomic mass is 16.3. The zero-order valence-corrected chi connectivity index (χ0v) is 14.4. The fourth-order valence-corrected chi connectivity index (χ4v) is 7.00. The average Bonchev–Trinajstić information content (AvgIpc) is 2.72. The molecule has 4 rings (SSSR count). The first-order valence-electron chi connectivity index (χ1n) is 9.37. The molecule has 0 aromatic heterocycles. The monoisotopic (exact) mass is 304 g/mol. The van der Waals surface area contributed by atoms with Gasteiger partial charge in [0.25, 0.3) is 0 Å². The Kier molecular flexibility index (Phi) is 3.18. The molecule has 0 amide bonds. The lowest BCUT2D eigenvalue weighted by molar-refractivity contribution is -0.124. The fraction of sp³-hybridized carbons (Fsp3) is 0.900. The Morgan fingerprint density at radius 3 is 2.41 bits per heavy atom. The van der Waals surface area contributed by atoms with Crippen LogP contribution in [-0.4, -0.2) is 22.4 Å². The number of hydrogen-bond donors (Lipinski definition) is 2. The molecule has 0 radical (unpaired) electrons. The molecule has 2 nitrogen and oxygen atoms in total. The molecule has 0 aliphatic heterocycles. The van der Waals surface area contributed by atoms with Crippen LogP contribution in [0.3, 0.4) is 0 Å². The van der Waals surface area contributed by atoms with E-state index in [9.17, 15) is 10.2 Å². The summed E-state index contributed by atoms with van der Waals surface area (Å²) < 4.78 is 0. The van der Waals surface area contributed by atoms with Crippen molar-refractivity contribution in [2.45, 2.75) is 84.3 Å². The lowest BCUT2D eigenvalue weighted by atomic mass is 9.43. The summed E-state index contributed by atoms with van der Waals surface area (Å²) in [5.41, 5.74) is 2.25. The number of aliphatic hydroxyl groups excluding tert-OH is 2. The maximum Gasteiger partial charge on any atom is 0.0599 e. The number of allylic oxidation sites excluding steroid dienone is 1. The SMILES string of the molecule is C[C@]12CC[C@H](O)CC1=CC[C@H]1[C@H]2CC[C@@]2(C)[C@@H](O)CC[C@@]12C. The van der Waals surface area contributed by atoms with Gasteiger partial charge in [0.05, 0.1) is 12.2 Å². The smallest absolute Gasteiger partial charge is 0.0599 e. The molecular formula is C20H32O2. The Balaban J connectivity index is 1.73. The Hall–Kier alpha value is -0.340. The lowest BCUT2D eigenvalue weighted by Crippen LogP contribution is -2.56. The molecule has 124 valence electrons. The molecule has 22 heavy (non-hydrogen) atoms. The summed E-state index contributed by atoms with van der Waals surface area (Å²) in [5.74, 6) is 1.47. The predicted molar refractivity (Wildman–Crippen MR) is 88.3 cm³/mol. The number of aliphatic hydroxyl groups is 2. The van der Waals surface area contributed by atoms with Crippen LogP contribution in [0.4, 0.5) is 0 Å². The summed E-state index contributed by atoms with van der Waals surface area (Å²) >= 11 is 0. The van der Waals surface area contributed by atoms with Gasteiger partial charge < -0.3 is 10.2 Å². The van der Waals surface area contributed by atoms with Gasteiger partial charge >= 0.3 is 0 Å². The highest BCUT2D eigenvalue weighted by Crippen LogP contribution is 2.70. The molecule has 0 aromatic carbocycles. The molecule has 4 aliphatic carbocycles. The van der Waals surface area contributed by atoms with E-state index in [-0.39, 0.29) is 23.0 Å². The molecule has 2 heteroatoms. The van der Waals surface area contributed by atoms with Crippen molar-refractivity contribution < 1.29 is 10.2 Å². The van der Waals surface area contributed by atoms with Gasteiger partial charge in [0.1, 0.15) is 0 Å². The predicted octanol–water partition coefficient (Wildman–Crippen LogP) is 4.06. The van der Waals surface area contributed by atoms with Gasteiger partial charge in [-0.25, -0.2) is 0 Å². The van der Waals surface area contributed by atoms with Gasteiger partial charge in [-0.15, -0.1) is 0 Å².